The first kappa shape index (κ1) is 14.8. The summed E-state index contributed by atoms with van der Waals surface area (Å²) in [5.41, 5.74) is 6.70. The number of hydrogen-bond acceptors (Lipinski definition) is 3. The molecule has 0 saturated heterocycles. The Bertz CT molecular complexity index is 424. The molecule has 1 rings (SSSR count). The molecular weight excluding hydrogens is 298 g/mol. The van der Waals surface area contributed by atoms with Crippen LogP contribution in [0.3, 0.4) is 0 Å². The molecule has 0 bridgehead atoms. The molecule has 1 aromatic rings. The second kappa shape index (κ2) is 7.23. The second-order valence-corrected chi connectivity index (χ2v) is 4.84. The van der Waals surface area contributed by atoms with Gasteiger partial charge in [-0.2, -0.15) is 0 Å². The van der Waals surface area contributed by atoms with Gasteiger partial charge in [0.25, 0.3) is 0 Å². The first-order valence-electron chi connectivity index (χ1n) is 5.55. The summed E-state index contributed by atoms with van der Waals surface area (Å²) in [4.78, 5) is 4.21. The number of rotatable bonds is 5. The number of aliphatic imine (C=N–C) groups is 1. The number of nitrogens with one attached hydrogen (secondary N) is 1. The average Bonchev–Trinajstić information content (AvgIpc) is 2.31. The van der Waals surface area contributed by atoms with Gasteiger partial charge in [-0.1, -0.05) is 6.07 Å². The Hall–Kier alpha value is -1.27. The maximum Gasteiger partial charge on any atom is 0.189 e. The summed E-state index contributed by atoms with van der Waals surface area (Å²) in [6, 6.07) is 5.34. The summed E-state index contributed by atoms with van der Waals surface area (Å²) in [5.74, 6) is 0.589. The van der Waals surface area contributed by atoms with E-state index in [-0.39, 0.29) is 11.8 Å². The number of hydrogen-bond donors (Lipinski definition) is 3. The summed E-state index contributed by atoms with van der Waals surface area (Å²) in [6.45, 7) is 2.99. The molecule has 0 radical (unpaired) electrons. The Labute approximate surface area is 115 Å². The van der Waals surface area contributed by atoms with Crippen LogP contribution in [0.5, 0.6) is 5.75 Å². The smallest absolute Gasteiger partial charge is 0.189 e. The van der Waals surface area contributed by atoms with E-state index in [9.17, 15) is 5.11 Å². The lowest BCUT2D eigenvalue weighted by atomic mass is 10.2. The molecule has 0 aliphatic rings. The van der Waals surface area contributed by atoms with E-state index >= 15 is 0 Å². The number of halogens is 1. The van der Waals surface area contributed by atoms with Gasteiger partial charge in [0.2, 0.25) is 0 Å². The highest BCUT2D eigenvalue weighted by Crippen LogP contribution is 2.24. The van der Waals surface area contributed by atoms with Crippen LogP contribution >= 0.6 is 15.9 Å². The predicted octanol–water partition coefficient (Wildman–Crippen LogP) is 1.59. The molecule has 0 aromatic heterocycles. The number of methoxy groups -OCH3 is 1. The fraction of sp³-hybridized carbons (Fsp3) is 0.417. The number of phenolic OH excluding ortho intramolecular Hbond substituents is 1. The molecular formula is C12H18BrN3O2. The summed E-state index contributed by atoms with van der Waals surface area (Å²) >= 11 is 3.25. The Kier molecular flexibility index (Phi) is 5.94. The van der Waals surface area contributed by atoms with E-state index in [2.05, 4.69) is 26.2 Å². The first-order valence-corrected chi connectivity index (χ1v) is 6.35. The molecule has 0 amide bonds. The number of nitrogens with zero attached hydrogens (tertiary/aromatic N) is 1. The molecule has 0 aliphatic carbocycles. The summed E-state index contributed by atoms with van der Waals surface area (Å²) in [5, 5.41) is 12.4. The van der Waals surface area contributed by atoms with Gasteiger partial charge in [-0.05, 0) is 40.5 Å². The molecule has 4 N–H and O–H groups in total. The summed E-state index contributed by atoms with van der Waals surface area (Å²) < 4.78 is 5.64. The zero-order chi connectivity index (χ0) is 13.5. The molecule has 0 spiro atoms. The quantitative estimate of drug-likeness (QED) is 0.569. The van der Waals surface area contributed by atoms with E-state index in [1.54, 1.807) is 19.2 Å². The van der Waals surface area contributed by atoms with Crippen LogP contribution < -0.4 is 11.1 Å². The van der Waals surface area contributed by atoms with Crippen LogP contribution in [0.4, 0.5) is 0 Å². The number of ether oxygens (including phenoxy) is 1. The van der Waals surface area contributed by atoms with Gasteiger partial charge in [-0.15, -0.1) is 0 Å². The number of nitrogens with two attached hydrogens (primary N) is 1. The zero-order valence-electron chi connectivity index (χ0n) is 10.5. The second-order valence-electron chi connectivity index (χ2n) is 3.99. The SMILES string of the molecule is COCC(C)NC(N)=NCc1ccc(O)c(Br)c1. The van der Waals surface area contributed by atoms with Gasteiger partial charge < -0.3 is 20.9 Å². The van der Waals surface area contributed by atoms with Crippen molar-refractivity contribution in [3.63, 3.8) is 0 Å². The molecule has 1 aromatic carbocycles. The number of guanidine groups is 1. The van der Waals surface area contributed by atoms with Crippen molar-refractivity contribution in [2.75, 3.05) is 13.7 Å². The van der Waals surface area contributed by atoms with E-state index in [1.807, 2.05) is 13.0 Å². The minimum absolute atomic E-state index is 0.116. The monoisotopic (exact) mass is 315 g/mol. The standard InChI is InChI=1S/C12H18BrN3O2/c1-8(7-18-2)16-12(14)15-6-9-3-4-11(17)10(13)5-9/h3-5,8,17H,6-7H2,1-2H3,(H3,14,15,16). The molecule has 0 heterocycles. The number of phenols is 1. The van der Waals surface area contributed by atoms with E-state index in [0.717, 1.165) is 5.56 Å². The summed E-state index contributed by atoms with van der Waals surface area (Å²) in [7, 11) is 1.64. The molecule has 1 unspecified atom stereocenters. The topological polar surface area (TPSA) is 79.9 Å². The average molecular weight is 316 g/mol. The van der Waals surface area contributed by atoms with Crippen molar-refractivity contribution in [3.8, 4) is 5.75 Å². The maximum atomic E-state index is 9.37. The van der Waals surface area contributed by atoms with Crippen molar-refractivity contribution in [1.82, 2.24) is 5.32 Å². The van der Waals surface area contributed by atoms with Crippen LogP contribution in [0.2, 0.25) is 0 Å². The molecule has 0 fully saturated rings. The predicted molar refractivity (Wildman–Crippen MR) is 75.6 cm³/mol. The Morgan fingerprint density at radius 3 is 2.94 bits per heavy atom. The summed E-state index contributed by atoms with van der Waals surface area (Å²) in [6.07, 6.45) is 0. The Balaban J connectivity index is 2.54. The van der Waals surface area contributed by atoms with Gasteiger partial charge in [-0.25, -0.2) is 4.99 Å². The highest BCUT2D eigenvalue weighted by atomic mass is 79.9. The van der Waals surface area contributed by atoms with Crippen molar-refractivity contribution in [1.29, 1.82) is 0 Å². The molecule has 100 valence electrons. The van der Waals surface area contributed by atoms with Gasteiger partial charge in [0, 0.05) is 13.2 Å². The first-order chi connectivity index (χ1) is 8.52. The van der Waals surface area contributed by atoms with Crippen molar-refractivity contribution < 1.29 is 9.84 Å². The highest BCUT2D eigenvalue weighted by Gasteiger charge is 2.02. The van der Waals surface area contributed by atoms with E-state index in [0.29, 0.717) is 23.6 Å². The fourth-order valence-electron chi connectivity index (χ4n) is 1.41. The van der Waals surface area contributed by atoms with Crippen LogP contribution in [0.1, 0.15) is 12.5 Å². The van der Waals surface area contributed by atoms with Crippen LogP contribution in [0.15, 0.2) is 27.7 Å². The van der Waals surface area contributed by atoms with Gasteiger partial charge >= 0.3 is 0 Å². The molecule has 0 saturated carbocycles. The minimum atomic E-state index is 0.116. The zero-order valence-corrected chi connectivity index (χ0v) is 12.1. The maximum absolute atomic E-state index is 9.37. The van der Waals surface area contributed by atoms with Crippen LogP contribution in [-0.2, 0) is 11.3 Å². The van der Waals surface area contributed by atoms with Crippen molar-refractivity contribution in [2.24, 2.45) is 10.7 Å². The number of benzene rings is 1. The third-order valence-electron chi connectivity index (χ3n) is 2.26. The van der Waals surface area contributed by atoms with Gasteiger partial charge in [0.1, 0.15) is 5.75 Å². The lowest BCUT2D eigenvalue weighted by Crippen LogP contribution is -2.40. The van der Waals surface area contributed by atoms with Crippen molar-refractivity contribution in [2.45, 2.75) is 19.5 Å². The molecule has 0 aliphatic heterocycles. The number of aromatic hydroxyl groups is 1. The molecule has 6 heteroatoms. The van der Waals surface area contributed by atoms with Crippen LogP contribution in [-0.4, -0.2) is 30.8 Å². The third-order valence-corrected chi connectivity index (χ3v) is 2.89. The van der Waals surface area contributed by atoms with Crippen molar-refractivity contribution >= 4 is 21.9 Å². The van der Waals surface area contributed by atoms with E-state index < -0.39 is 0 Å². The molecule has 5 nitrogen and oxygen atoms in total. The van der Waals surface area contributed by atoms with Gasteiger partial charge in [-0.3, -0.25) is 0 Å². The largest absolute Gasteiger partial charge is 0.507 e. The Morgan fingerprint density at radius 1 is 1.61 bits per heavy atom. The van der Waals surface area contributed by atoms with Crippen LogP contribution in [0, 0.1) is 0 Å². The minimum Gasteiger partial charge on any atom is -0.507 e. The van der Waals surface area contributed by atoms with E-state index in [1.165, 1.54) is 0 Å². The van der Waals surface area contributed by atoms with Crippen molar-refractivity contribution in [3.05, 3.63) is 28.2 Å². The highest BCUT2D eigenvalue weighted by molar-refractivity contribution is 9.10. The Morgan fingerprint density at radius 2 is 2.33 bits per heavy atom. The van der Waals surface area contributed by atoms with Crippen LogP contribution in [0.25, 0.3) is 0 Å². The molecule has 18 heavy (non-hydrogen) atoms. The normalized spacial score (nSPS) is 13.4. The van der Waals surface area contributed by atoms with E-state index in [4.69, 9.17) is 10.5 Å². The van der Waals surface area contributed by atoms with Gasteiger partial charge in [0.05, 0.1) is 17.6 Å². The third kappa shape index (κ3) is 4.93. The fourth-order valence-corrected chi connectivity index (χ4v) is 1.84. The lowest BCUT2D eigenvalue weighted by molar-refractivity contribution is 0.179. The van der Waals surface area contributed by atoms with Gasteiger partial charge in [0.15, 0.2) is 5.96 Å². The lowest BCUT2D eigenvalue weighted by Gasteiger charge is -2.13. The molecule has 1 atom stereocenters.